The van der Waals surface area contributed by atoms with E-state index in [2.05, 4.69) is 26.2 Å². The summed E-state index contributed by atoms with van der Waals surface area (Å²) < 4.78 is 28.9. The van der Waals surface area contributed by atoms with Gasteiger partial charge in [0, 0.05) is 19.6 Å². The minimum atomic E-state index is -3.63. The number of benzene rings is 1. The number of aryl methyl sites for hydroxylation is 1. The highest BCUT2D eigenvalue weighted by atomic mass is 79.9. The second-order valence-corrected chi connectivity index (χ2v) is 7.63. The number of halogens is 1. The van der Waals surface area contributed by atoms with Gasteiger partial charge in [-0.15, -0.1) is 5.10 Å². The monoisotopic (exact) mass is 370 g/mol. The Morgan fingerprint density at radius 3 is 2.52 bits per heavy atom. The van der Waals surface area contributed by atoms with Gasteiger partial charge < -0.3 is 0 Å². The van der Waals surface area contributed by atoms with Crippen molar-refractivity contribution in [1.82, 2.24) is 19.3 Å². The van der Waals surface area contributed by atoms with Crippen LogP contribution in [0, 0.1) is 0 Å². The van der Waals surface area contributed by atoms with Crippen LogP contribution in [-0.4, -0.2) is 33.8 Å². The van der Waals surface area contributed by atoms with Gasteiger partial charge in [0.2, 0.25) is 5.03 Å². The van der Waals surface area contributed by atoms with Crippen molar-refractivity contribution in [3.05, 3.63) is 40.5 Å². The van der Waals surface area contributed by atoms with E-state index in [0.29, 0.717) is 6.54 Å². The minimum absolute atomic E-state index is 0.0667. The van der Waals surface area contributed by atoms with Crippen molar-refractivity contribution in [2.75, 3.05) is 0 Å². The summed E-state index contributed by atoms with van der Waals surface area (Å²) in [6.07, 6.45) is 1.80. The summed E-state index contributed by atoms with van der Waals surface area (Å²) in [6.45, 7) is 0.367. The van der Waals surface area contributed by atoms with E-state index in [4.69, 9.17) is 0 Å². The molecule has 1 aromatic carbocycles. The van der Waals surface area contributed by atoms with Gasteiger partial charge in [-0.1, -0.05) is 35.5 Å². The highest BCUT2D eigenvalue weighted by Crippen LogP contribution is 2.34. The van der Waals surface area contributed by atoms with Crippen molar-refractivity contribution in [3.63, 3.8) is 0 Å². The molecule has 1 aliphatic rings. The summed E-state index contributed by atoms with van der Waals surface area (Å²) in [7, 11) is -2.05. The quantitative estimate of drug-likeness (QED) is 0.806. The van der Waals surface area contributed by atoms with Crippen LogP contribution in [0.3, 0.4) is 0 Å². The van der Waals surface area contributed by atoms with E-state index in [0.717, 1.165) is 18.4 Å². The Morgan fingerprint density at radius 1 is 1.33 bits per heavy atom. The first-order valence-electron chi connectivity index (χ1n) is 6.61. The molecule has 1 heterocycles. The molecule has 1 aromatic heterocycles. The van der Waals surface area contributed by atoms with Crippen LogP contribution in [-0.2, 0) is 23.6 Å². The first kappa shape index (κ1) is 14.7. The molecule has 21 heavy (non-hydrogen) atoms. The molecule has 0 saturated heterocycles. The first-order valence-corrected chi connectivity index (χ1v) is 8.84. The highest BCUT2D eigenvalue weighted by Gasteiger charge is 2.40. The van der Waals surface area contributed by atoms with Crippen LogP contribution in [0.2, 0.25) is 0 Å². The largest absolute Gasteiger partial charge is 0.263 e. The molecule has 6 nitrogen and oxygen atoms in total. The molecule has 112 valence electrons. The zero-order chi connectivity index (χ0) is 15.0. The lowest BCUT2D eigenvalue weighted by molar-refractivity contribution is 0.393. The molecule has 0 atom stereocenters. The molecule has 1 fully saturated rings. The van der Waals surface area contributed by atoms with Gasteiger partial charge >= 0.3 is 0 Å². The number of sulfonamides is 1. The Balaban J connectivity index is 1.97. The average molecular weight is 371 g/mol. The number of hydrogen-bond acceptors (Lipinski definition) is 4. The fourth-order valence-electron chi connectivity index (χ4n) is 2.24. The Hall–Kier alpha value is -1.25. The maximum Gasteiger partial charge on any atom is 0.263 e. The lowest BCUT2D eigenvalue weighted by Gasteiger charge is -2.21. The van der Waals surface area contributed by atoms with Crippen LogP contribution in [0.25, 0.3) is 0 Å². The van der Waals surface area contributed by atoms with Crippen molar-refractivity contribution in [2.45, 2.75) is 30.5 Å². The van der Waals surface area contributed by atoms with Crippen LogP contribution in [0.15, 0.2) is 40.0 Å². The van der Waals surface area contributed by atoms with Gasteiger partial charge in [0.05, 0.1) is 0 Å². The Bertz CT molecular complexity index is 721. The van der Waals surface area contributed by atoms with Crippen LogP contribution in [0.1, 0.15) is 18.4 Å². The molecule has 0 amide bonds. The van der Waals surface area contributed by atoms with Gasteiger partial charge in [-0.25, -0.2) is 13.1 Å². The van der Waals surface area contributed by atoms with Gasteiger partial charge in [0.15, 0.2) is 4.60 Å². The fraction of sp³-hybridized carbons (Fsp3) is 0.385. The normalized spacial score (nSPS) is 15.6. The third-order valence-electron chi connectivity index (χ3n) is 3.43. The van der Waals surface area contributed by atoms with Crippen molar-refractivity contribution in [3.8, 4) is 0 Å². The predicted molar refractivity (Wildman–Crippen MR) is 80.9 cm³/mol. The minimum Gasteiger partial charge on any atom is -0.235 e. The third kappa shape index (κ3) is 2.88. The molecule has 0 aliphatic heterocycles. The smallest absolute Gasteiger partial charge is 0.235 e. The summed E-state index contributed by atoms with van der Waals surface area (Å²) in [5.74, 6) is 0. The molecule has 0 radical (unpaired) electrons. The van der Waals surface area contributed by atoms with Gasteiger partial charge in [0.25, 0.3) is 10.0 Å². The average Bonchev–Trinajstić information content (AvgIpc) is 3.22. The molecule has 3 rings (SSSR count). The van der Waals surface area contributed by atoms with Crippen molar-refractivity contribution in [1.29, 1.82) is 0 Å². The number of rotatable bonds is 5. The van der Waals surface area contributed by atoms with Crippen LogP contribution >= 0.6 is 15.9 Å². The molecular weight excluding hydrogens is 356 g/mol. The van der Waals surface area contributed by atoms with E-state index in [-0.39, 0.29) is 15.7 Å². The van der Waals surface area contributed by atoms with E-state index >= 15 is 0 Å². The van der Waals surface area contributed by atoms with Gasteiger partial charge in [-0.05, 0) is 34.3 Å². The standard InChI is InChI=1S/C13H15BrN4O2S/c1-17-13(12(14)15-16-17)21(19,20)18(11-7-8-11)9-10-5-3-2-4-6-10/h2-6,11H,7-9H2,1H3. The summed E-state index contributed by atoms with van der Waals surface area (Å²) in [4.78, 5) is 0. The Morgan fingerprint density at radius 2 is 2.00 bits per heavy atom. The second kappa shape index (κ2) is 5.51. The van der Waals surface area contributed by atoms with E-state index in [1.54, 1.807) is 11.4 Å². The van der Waals surface area contributed by atoms with Gasteiger partial charge in [-0.2, -0.15) is 4.31 Å². The number of nitrogens with zero attached hydrogens (tertiary/aromatic N) is 4. The maximum absolute atomic E-state index is 12.9. The molecule has 1 aliphatic carbocycles. The van der Waals surface area contributed by atoms with Crippen molar-refractivity contribution < 1.29 is 8.42 Å². The molecule has 0 unspecified atom stereocenters. The molecule has 1 saturated carbocycles. The fourth-order valence-corrected chi connectivity index (χ4v) is 4.95. The summed E-state index contributed by atoms with van der Waals surface area (Å²) in [6, 6.07) is 9.67. The van der Waals surface area contributed by atoms with E-state index in [1.165, 1.54) is 4.68 Å². The van der Waals surface area contributed by atoms with E-state index < -0.39 is 10.0 Å². The summed E-state index contributed by atoms with van der Waals surface area (Å²) in [5.41, 5.74) is 0.972. The SMILES string of the molecule is Cn1nnc(Br)c1S(=O)(=O)N(Cc1ccccc1)C1CC1. The van der Waals surface area contributed by atoms with Crippen molar-refractivity contribution >= 4 is 26.0 Å². The zero-order valence-electron chi connectivity index (χ0n) is 11.5. The molecule has 0 bridgehead atoms. The van der Waals surface area contributed by atoms with Crippen molar-refractivity contribution in [2.24, 2.45) is 7.05 Å². The van der Waals surface area contributed by atoms with Gasteiger partial charge in [0.1, 0.15) is 0 Å². The predicted octanol–water partition coefficient (Wildman–Crippen LogP) is 1.93. The summed E-state index contributed by atoms with van der Waals surface area (Å²) in [5, 5.41) is 7.64. The first-order chi connectivity index (χ1) is 10.00. The van der Waals surface area contributed by atoms with E-state index in [1.807, 2.05) is 30.3 Å². The number of aromatic nitrogens is 3. The lowest BCUT2D eigenvalue weighted by Crippen LogP contribution is -2.34. The Labute approximate surface area is 131 Å². The third-order valence-corrected chi connectivity index (χ3v) is 6.21. The molecular formula is C13H15BrN4O2S. The lowest BCUT2D eigenvalue weighted by atomic mass is 10.2. The Kier molecular flexibility index (Phi) is 3.85. The number of hydrogen-bond donors (Lipinski definition) is 0. The van der Waals surface area contributed by atoms with Crippen LogP contribution < -0.4 is 0 Å². The molecule has 2 aromatic rings. The van der Waals surface area contributed by atoms with Crippen LogP contribution in [0.4, 0.5) is 0 Å². The topological polar surface area (TPSA) is 68.1 Å². The second-order valence-electron chi connectivity index (χ2n) is 5.08. The maximum atomic E-state index is 12.9. The molecule has 0 N–H and O–H groups in total. The molecule has 0 spiro atoms. The van der Waals surface area contributed by atoms with E-state index in [9.17, 15) is 8.42 Å². The molecule has 8 heteroatoms. The van der Waals surface area contributed by atoms with Gasteiger partial charge in [-0.3, -0.25) is 0 Å². The summed E-state index contributed by atoms with van der Waals surface area (Å²) >= 11 is 3.18. The van der Waals surface area contributed by atoms with Crippen LogP contribution in [0.5, 0.6) is 0 Å². The highest BCUT2D eigenvalue weighted by molar-refractivity contribution is 9.10. The zero-order valence-corrected chi connectivity index (χ0v) is 13.9.